The molecule has 0 amide bonds. The molecule has 1 N–H and O–H groups in total. The topological polar surface area (TPSA) is 51.3 Å². The number of hydrogen-bond acceptors (Lipinski definition) is 3. The van der Waals surface area contributed by atoms with Crippen molar-refractivity contribution in [3.8, 4) is 0 Å². The highest BCUT2D eigenvalue weighted by Crippen LogP contribution is 2.34. The van der Waals surface area contributed by atoms with Crippen LogP contribution in [0.5, 0.6) is 0 Å². The Morgan fingerprint density at radius 2 is 2.05 bits per heavy atom. The molecule has 118 valence electrons. The minimum absolute atomic E-state index is 0.00708. The van der Waals surface area contributed by atoms with Gasteiger partial charge in [-0.15, -0.1) is 0 Å². The van der Waals surface area contributed by atoms with Gasteiger partial charge in [0.25, 0.3) is 5.56 Å². The summed E-state index contributed by atoms with van der Waals surface area (Å²) in [5.41, 5.74) is 3.19. The maximum absolute atomic E-state index is 12.5. The van der Waals surface area contributed by atoms with Gasteiger partial charge in [0.05, 0.1) is 5.69 Å². The number of aryl methyl sites for hydroxylation is 1. The number of rotatable bonds is 3. The summed E-state index contributed by atoms with van der Waals surface area (Å²) in [7, 11) is 0. The van der Waals surface area contributed by atoms with E-state index < -0.39 is 0 Å². The molecule has 0 spiro atoms. The van der Waals surface area contributed by atoms with Crippen molar-refractivity contribution in [2.75, 3.05) is 6.54 Å². The monoisotopic (exact) mass is 300 g/mol. The van der Waals surface area contributed by atoms with E-state index >= 15 is 0 Å². The van der Waals surface area contributed by atoms with Gasteiger partial charge in [0.15, 0.2) is 0 Å². The third-order valence-electron chi connectivity index (χ3n) is 5.28. The van der Waals surface area contributed by atoms with Crippen molar-refractivity contribution < 1.29 is 0 Å². The second-order valence-electron chi connectivity index (χ2n) is 6.62. The van der Waals surface area contributed by atoms with Crippen molar-refractivity contribution >= 4 is 5.65 Å². The molecule has 1 aliphatic carbocycles. The van der Waals surface area contributed by atoms with Crippen LogP contribution in [0.1, 0.15) is 68.8 Å². The molecule has 0 bridgehead atoms. The van der Waals surface area contributed by atoms with Crippen molar-refractivity contribution in [3.05, 3.63) is 33.9 Å². The molecule has 2 fully saturated rings. The quantitative estimate of drug-likeness (QED) is 0.948. The fraction of sp³-hybridized carbons (Fsp3) is 0.647. The number of fused-ring (bicyclic) bond motifs is 1. The van der Waals surface area contributed by atoms with Gasteiger partial charge in [0, 0.05) is 36.3 Å². The van der Waals surface area contributed by atoms with Crippen molar-refractivity contribution in [3.63, 3.8) is 0 Å². The normalized spacial score (nSPS) is 22.9. The van der Waals surface area contributed by atoms with Gasteiger partial charge in [0.1, 0.15) is 5.65 Å². The number of hydrogen-bond donors (Lipinski definition) is 1. The molecule has 1 saturated heterocycles. The summed E-state index contributed by atoms with van der Waals surface area (Å²) in [5.74, 6) is 0.540. The summed E-state index contributed by atoms with van der Waals surface area (Å²) in [6.07, 6.45) is 7.28. The molecule has 4 rings (SSSR count). The number of nitrogens with one attached hydrogen (secondary N) is 1. The van der Waals surface area contributed by atoms with Crippen LogP contribution in [0.2, 0.25) is 0 Å². The number of nitrogens with zero attached hydrogens (tertiary/aromatic N) is 3. The van der Waals surface area contributed by atoms with E-state index in [9.17, 15) is 4.79 Å². The predicted molar refractivity (Wildman–Crippen MR) is 86.3 cm³/mol. The van der Waals surface area contributed by atoms with E-state index in [4.69, 9.17) is 0 Å². The summed E-state index contributed by atoms with van der Waals surface area (Å²) in [4.78, 5) is 12.5. The van der Waals surface area contributed by atoms with Crippen molar-refractivity contribution in [2.24, 2.45) is 0 Å². The summed E-state index contributed by atoms with van der Waals surface area (Å²) < 4.78 is 3.87. The van der Waals surface area contributed by atoms with E-state index in [1.807, 2.05) is 0 Å². The van der Waals surface area contributed by atoms with E-state index in [1.165, 1.54) is 32.1 Å². The minimum Gasteiger partial charge on any atom is -0.328 e. The Morgan fingerprint density at radius 1 is 1.23 bits per heavy atom. The zero-order chi connectivity index (χ0) is 15.1. The van der Waals surface area contributed by atoms with Crippen LogP contribution in [0.4, 0.5) is 0 Å². The third-order valence-corrected chi connectivity index (χ3v) is 5.28. The Morgan fingerprint density at radius 3 is 2.73 bits per heavy atom. The summed E-state index contributed by atoms with van der Waals surface area (Å²) in [5, 5.41) is 8.15. The van der Waals surface area contributed by atoms with Gasteiger partial charge < -0.3 is 9.88 Å². The van der Waals surface area contributed by atoms with Gasteiger partial charge in [0.2, 0.25) is 0 Å². The summed E-state index contributed by atoms with van der Waals surface area (Å²) in [6, 6.07) is 4.24. The molecule has 2 aliphatic rings. The van der Waals surface area contributed by atoms with E-state index in [1.54, 1.807) is 10.6 Å². The smallest absolute Gasteiger partial charge is 0.274 e. The molecule has 1 aliphatic heterocycles. The van der Waals surface area contributed by atoms with Crippen LogP contribution in [0.25, 0.3) is 5.65 Å². The highest BCUT2D eigenvalue weighted by molar-refractivity contribution is 5.43. The molecule has 2 aromatic rings. The standard InChI is InChI=1S/C17H24N4O/c1-2-20-15(13-8-5-9-18-13)11-17(22)21-16(20)10-14(19-21)12-6-3-4-7-12/h10-13,18H,2-9H2,1H3. The number of aromatic nitrogens is 3. The Labute approximate surface area is 130 Å². The van der Waals surface area contributed by atoms with Crippen LogP contribution in [0.15, 0.2) is 16.9 Å². The van der Waals surface area contributed by atoms with Gasteiger partial charge in [-0.05, 0) is 39.2 Å². The van der Waals surface area contributed by atoms with Crippen LogP contribution >= 0.6 is 0 Å². The van der Waals surface area contributed by atoms with Crippen LogP contribution in [0.3, 0.4) is 0 Å². The largest absolute Gasteiger partial charge is 0.328 e. The second kappa shape index (κ2) is 5.54. The maximum atomic E-state index is 12.5. The zero-order valence-electron chi connectivity index (χ0n) is 13.2. The Balaban J connectivity index is 1.86. The maximum Gasteiger partial charge on any atom is 0.274 e. The molecular formula is C17H24N4O. The molecule has 5 nitrogen and oxygen atoms in total. The van der Waals surface area contributed by atoms with Gasteiger partial charge >= 0.3 is 0 Å². The molecule has 2 aromatic heterocycles. The molecule has 1 unspecified atom stereocenters. The van der Waals surface area contributed by atoms with Crippen LogP contribution in [0, 0.1) is 0 Å². The first-order valence-electron chi connectivity index (χ1n) is 8.64. The van der Waals surface area contributed by atoms with E-state index in [2.05, 4.69) is 28.0 Å². The van der Waals surface area contributed by atoms with Crippen LogP contribution in [-0.2, 0) is 6.54 Å². The molecule has 1 atom stereocenters. The fourth-order valence-electron chi connectivity index (χ4n) is 4.13. The Bertz CT molecular complexity index is 733. The first-order valence-corrected chi connectivity index (χ1v) is 8.64. The average molecular weight is 300 g/mol. The van der Waals surface area contributed by atoms with Crippen LogP contribution < -0.4 is 10.9 Å². The lowest BCUT2D eigenvalue weighted by molar-refractivity contribution is 0.567. The van der Waals surface area contributed by atoms with E-state index in [-0.39, 0.29) is 5.56 Å². The summed E-state index contributed by atoms with van der Waals surface area (Å²) >= 11 is 0. The van der Waals surface area contributed by atoms with E-state index in [0.29, 0.717) is 12.0 Å². The van der Waals surface area contributed by atoms with Crippen molar-refractivity contribution in [1.29, 1.82) is 0 Å². The van der Waals surface area contributed by atoms with Crippen molar-refractivity contribution in [2.45, 2.75) is 64.0 Å². The van der Waals surface area contributed by atoms with Gasteiger partial charge in [-0.3, -0.25) is 4.79 Å². The third kappa shape index (κ3) is 2.19. The van der Waals surface area contributed by atoms with Gasteiger partial charge in [-0.1, -0.05) is 12.8 Å². The minimum atomic E-state index is 0.00708. The molecule has 5 heteroatoms. The molecule has 3 heterocycles. The fourth-order valence-corrected chi connectivity index (χ4v) is 4.13. The lowest BCUT2D eigenvalue weighted by atomic mass is 10.0. The first kappa shape index (κ1) is 14.0. The van der Waals surface area contributed by atoms with E-state index in [0.717, 1.165) is 36.5 Å². The SMILES string of the molecule is CCn1c(C2CCCN2)cc(=O)n2nc(C3CCCC3)cc12. The molecule has 22 heavy (non-hydrogen) atoms. The Hall–Kier alpha value is -1.62. The summed E-state index contributed by atoms with van der Waals surface area (Å²) in [6.45, 7) is 4.05. The van der Waals surface area contributed by atoms with Gasteiger partial charge in [-0.2, -0.15) is 9.61 Å². The van der Waals surface area contributed by atoms with Gasteiger partial charge in [-0.25, -0.2) is 0 Å². The lowest BCUT2D eigenvalue weighted by Gasteiger charge is -2.18. The second-order valence-corrected chi connectivity index (χ2v) is 6.62. The van der Waals surface area contributed by atoms with Crippen molar-refractivity contribution in [1.82, 2.24) is 19.5 Å². The zero-order valence-corrected chi connectivity index (χ0v) is 13.2. The molecule has 0 aromatic carbocycles. The lowest BCUT2D eigenvalue weighted by Crippen LogP contribution is -2.25. The Kier molecular flexibility index (Phi) is 3.53. The van der Waals surface area contributed by atoms with Crippen LogP contribution in [-0.4, -0.2) is 20.7 Å². The predicted octanol–water partition coefficient (Wildman–Crippen LogP) is 2.60. The highest BCUT2D eigenvalue weighted by Gasteiger charge is 2.24. The highest BCUT2D eigenvalue weighted by atomic mass is 16.1. The molecule has 1 saturated carbocycles. The molecule has 0 radical (unpaired) electrons. The average Bonchev–Trinajstić information content (AvgIpc) is 3.26. The molecular weight excluding hydrogens is 276 g/mol. The first-order chi connectivity index (χ1) is 10.8.